The summed E-state index contributed by atoms with van der Waals surface area (Å²) in [6.45, 7) is 0.243. The Hall–Kier alpha value is -5.06. The van der Waals surface area contributed by atoms with E-state index in [-0.39, 0.29) is 24.7 Å². The van der Waals surface area contributed by atoms with Crippen molar-refractivity contribution in [2.75, 3.05) is 32.6 Å². The van der Waals surface area contributed by atoms with Gasteiger partial charge in [0.05, 0.1) is 36.6 Å². The number of carbonyl (C=O) groups is 2. The van der Waals surface area contributed by atoms with Crippen LogP contribution in [0.25, 0.3) is 22.6 Å². The minimum Gasteiger partial charge on any atom is -0.493 e. The normalized spacial score (nSPS) is 13.5. The van der Waals surface area contributed by atoms with Gasteiger partial charge in [-0.3, -0.25) is 4.79 Å². The maximum absolute atomic E-state index is 13.5. The fraction of sp³-hybridized carbons (Fsp3) is 0.219. The molecule has 1 aliphatic rings. The molecule has 5 rings (SSSR count). The molecular weight excluding hydrogens is 561 g/mol. The van der Waals surface area contributed by atoms with Gasteiger partial charge < -0.3 is 25.4 Å². The second-order valence-corrected chi connectivity index (χ2v) is 9.83. The number of benzene rings is 3. The lowest BCUT2D eigenvalue weighted by atomic mass is 10.00. The highest BCUT2D eigenvalue weighted by atomic mass is 19.4. The average molecular weight is 591 g/mol. The number of anilines is 1. The number of halogens is 3. The number of para-hydroxylation sites is 1. The Balaban J connectivity index is 1.28. The van der Waals surface area contributed by atoms with Crippen molar-refractivity contribution in [1.29, 1.82) is 0 Å². The van der Waals surface area contributed by atoms with Gasteiger partial charge in [0.25, 0.3) is 5.91 Å². The van der Waals surface area contributed by atoms with Crippen molar-refractivity contribution in [2.45, 2.75) is 19.0 Å². The van der Waals surface area contributed by atoms with Gasteiger partial charge in [-0.05, 0) is 78.1 Å². The van der Waals surface area contributed by atoms with Gasteiger partial charge in [0, 0.05) is 24.2 Å². The fourth-order valence-corrected chi connectivity index (χ4v) is 5.04. The van der Waals surface area contributed by atoms with Crippen LogP contribution in [-0.2, 0) is 12.6 Å². The molecule has 0 fully saturated rings. The van der Waals surface area contributed by atoms with Gasteiger partial charge >= 0.3 is 12.2 Å². The number of allylic oxidation sites excluding steroid dienone is 1. The number of carbonyl (C=O) groups excluding carboxylic acids is 2. The molecule has 3 aromatic carbocycles. The van der Waals surface area contributed by atoms with E-state index in [1.807, 2.05) is 48.5 Å². The maximum Gasteiger partial charge on any atom is 0.416 e. The van der Waals surface area contributed by atoms with Gasteiger partial charge in [-0.2, -0.15) is 13.2 Å². The Morgan fingerprint density at radius 3 is 2.35 bits per heavy atom. The Morgan fingerprint density at radius 2 is 1.63 bits per heavy atom. The van der Waals surface area contributed by atoms with Crippen LogP contribution < -0.4 is 25.4 Å². The molecule has 0 spiro atoms. The maximum atomic E-state index is 13.5. The minimum atomic E-state index is -4.46. The third kappa shape index (κ3) is 6.56. The second-order valence-electron chi connectivity index (χ2n) is 9.83. The SMILES string of the molecule is COc1ccc(/C=C2\CCc3c2nc2ccccc2c3C(=O)NCCNC(=O)Nc2ccc(C(F)(F)F)cc2)cc1OC. The van der Waals surface area contributed by atoms with E-state index in [1.54, 1.807) is 14.2 Å². The summed E-state index contributed by atoms with van der Waals surface area (Å²) >= 11 is 0. The number of alkyl halides is 3. The summed E-state index contributed by atoms with van der Waals surface area (Å²) in [5, 5.41) is 8.68. The number of amides is 3. The lowest BCUT2D eigenvalue weighted by Gasteiger charge is -2.14. The number of ether oxygens (including phenoxy) is 2. The predicted molar refractivity (Wildman–Crippen MR) is 158 cm³/mol. The van der Waals surface area contributed by atoms with Gasteiger partial charge in [0.15, 0.2) is 11.5 Å². The second kappa shape index (κ2) is 12.4. The summed E-state index contributed by atoms with van der Waals surface area (Å²) in [5.41, 5.74) is 4.20. The van der Waals surface area contributed by atoms with Crippen molar-refractivity contribution < 1.29 is 32.2 Å². The van der Waals surface area contributed by atoms with E-state index >= 15 is 0 Å². The summed E-state index contributed by atoms with van der Waals surface area (Å²) in [6, 6.07) is 16.6. The zero-order chi connectivity index (χ0) is 30.6. The molecule has 43 heavy (non-hydrogen) atoms. The van der Waals surface area contributed by atoms with E-state index in [9.17, 15) is 22.8 Å². The molecule has 0 unspecified atom stereocenters. The molecule has 0 aliphatic heterocycles. The molecule has 11 heteroatoms. The molecule has 0 radical (unpaired) electrons. The third-order valence-electron chi connectivity index (χ3n) is 7.08. The third-order valence-corrected chi connectivity index (χ3v) is 7.08. The molecule has 1 aromatic heterocycles. The van der Waals surface area contributed by atoms with E-state index in [0.717, 1.165) is 39.9 Å². The van der Waals surface area contributed by atoms with E-state index < -0.39 is 17.8 Å². The summed E-state index contributed by atoms with van der Waals surface area (Å²) < 4.78 is 49.0. The number of nitrogens with one attached hydrogen (secondary N) is 3. The Morgan fingerprint density at radius 1 is 0.907 bits per heavy atom. The quantitative estimate of drug-likeness (QED) is 0.209. The first-order chi connectivity index (χ1) is 20.7. The Labute approximate surface area is 245 Å². The average Bonchev–Trinajstić information content (AvgIpc) is 3.39. The highest BCUT2D eigenvalue weighted by molar-refractivity contribution is 6.09. The molecule has 4 aromatic rings. The predicted octanol–water partition coefficient (Wildman–Crippen LogP) is 6.31. The monoisotopic (exact) mass is 590 g/mol. The summed E-state index contributed by atoms with van der Waals surface area (Å²) in [7, 11) is 3.17. The van der Waals surface area contributed by atoms with Crippen LogP contribution in [0.5, 0.6) is 11.5 Å². The molecule has 3 amide bonds. The van der Waals surface area contributed by atoms with Crippen LogP contribution in [0.15, 0.2) is 66.7 Å². The lowest BCUT2D eigenvalue weighted by molar-refractivity contribution is -0.137. The van der Waals surface area contributed by atoms with Crippen LogP contribution in [0.1, 0.15) is 39.2 Å². The molecule has 3 N–H and O–H groups in total. The number of hydrogen-bond acceptors (Lipinski definition) is 5. The lowest BCUT2D eigenvalue weighted by Crippen LogP contribution is -2.37. The van der Waals surface area contributed by atoms with Crippen LogP contribution >= 0.6 is 0 Å². The van der Waals surface area contributed by atoms with Crippen LogP contribution in [0.4, 0.5) is 23.7 Å². The fourth-order valence-electron chi connectivity index (χ4n) is 5.04. The number of fused-ring (bicyclic) bond motifs is 2. The number of aromatic nitrogens is 1. The molecule has 0 bridgehead atoms. The molecule has 1 heterocycles. The molecule has 0 atom stereocenters. The van der Waals surface area contributed by atoms with Crippen molar-refractivity contribution >= 4 is 40.2 Å². The van der Waals surface area contributed by atoms with Gasteiger partial charge in [0.1, 0.15) is 0 Å². The number of pyridine rings is 1. The molecule has 0 saturated carbocycles. The van der Waals surface area contributed by atoms with E-state index in [4.69, 9.17) is 14.5 Å². The van der Waals surface area contributed by atoms with Crippen LogP contribution in [0.2, 0.25) is 0 Å². The zero-order valence-electron chi connectivity index (χ0n) is 23.5. The molecule has 0 saturated heterocycles. The Bertz CT molecular complexity index is 1700. The van der Waals surface area contributed by atoms with Crippen molar-refractivity contribution in [3.8, 4) is 11.5 Å². The standard InChI is InChI=1S/C32H29F3N4O4/c1-42-26-14-7-19(18-27(26)43-2)17-20-8-13-24-28(23-5-3-4-6-25(23)39-29(20)24)30(40)36-15-16-37-31(41)38-22-11-9-21(10-12-22)32(33,34)35/h3-7,9-12,14,17-18H,8,13,15-16H2,1-2H3,(H,36,40)(H2,37,38,41)/b20-17+. The van der Waals surface area contributed by atoms with Crippen molar-refractivity contribution in [3.63, 3.8) is 0 Å². The van der Waals surface area contributed by atoms with Gasteiger partial charge in [-0.25, -0.2) is 9.78 Å². The largest absolute Gasteiger partial charge is 0.493 e. The van der Waals surface area contributed by atoms with E-state index in [1.165, 1.54) is 12.1 Å². The Kier molecular flexibility index (Phi) is 8.51. The highest BCUT2D eigenvalue weighted by Crippen LogP contribution is 2.38. The van der Waals surface area contributed by atoms with Gasteiger partial charge in [0.2, 0.25) is 0 Å². The van der Waals surface area contributed by atoms with Crippen LogP contribution in [0.3, 0.4) is 0 Å². The molecule has 222 valence electrons. The molecular formula is C32H29F3N4O4. The smallest absolute Gasteiger partial charge is 0.416 e. The van der Waals surface area contributed by atoms with Crippen molar-refractivity contribution in [3.05, 3.63) is 94.7 Å². The summed E-state index contributed by atoms with van der Waals surface area (Å²) in [4.78, 5) is 30.6. The van der Waals surface area contributed by atoms with E-state index in [0.29, 0.717) is 35.4 Å². The first kappa shape index (κ1) is 29.4. The first-order valence-electron chi connectivity index (χ1n) is 13.5. The van der Waals surface area contributed by atoms with E-state index in [2.05, 4.69) is 16.0 Å². The molecule has 1 aliphatic carbocycles. The summed E-state index contributed by atoms with van der Waals surface area (Å²) in [6.07, 6.45) is -1.07. The minimum absolute atomic E-state index is 0.105. The van der Waals surface area contributed by atoms with Gasteiger partial charge in [-0.15, -0.1) is 0 Å². The number of urea groups is 1. The number of rotatable bonds is 8. The van der Waals surface area contributed by atoms with Gasteiger partial charge in [-0.1, -0.05) is 24.3 Å². The first-order valence-corrected chi connectivity index (χ1v) is 13.5. The zero-order valence-corrected chi connectivity index (χ0v) is 23.5. The molecule has 8 nitrogen and oxygen atoms in total. The van der Waals surface area contributed by atoms with Crippen molar-refractivity contribution in [1.82, 2.24) is 15.6 Å². The topological polar surface area (TPSA) is 102 Å². The van der Waals surface area contributed by atoms with Crippen molar-refractivity contribution in [2.24, 2.45) is 0 Å². The number of hydrogen-bond donors (Lipinski definition) is 3. The number of nitrogens with zero attached hydrogens (tertiary/aromatic N) is 1. The number of methoxy groups -OCH3 is 2. The van der Waals surface area contributed by atoms with Crippen LogP contribution in [0, 0.1) is 0 Å². The highest BCUT2D eigenvalue weighted by Gasteiger charge is 2.30. The summed E-state index contributed by atoms with van der Waals surface area (Å²) in [5.74, 6) is 0.960. The van der Waals surface area contributed by atoms with Crippen LogP contribution in [-0.4, -0.2) is 44.2 Å².